The molecule has 0 saturated carbocycles. The summed E-state index contributed by atoms with van der Waals surface area (Å²) in [5, 5.41) is 12.2. The molecule has 1 atom stereocenters. The van der Waals surface area contributed by atoms with Crippen LogP contribution in [0.5, 0.6) is 0 Å². The summed E-state index contributed by atoms with van der Waals surface area (Å²) in [6.45, 7) is 3.10. The predicted octanol–water partition coefficient (Wildman–Crippen LogP) is 3.01. The summed E-state index contributed by atoms with van der Waals surface area (Å²) in [5.41, 5.74) is 1.91. The normalized spacial score (nSPS) is 11.5. The van der Waals surface area contributed by atoms with E-state index in [0.717, 1.165) is 25.8 Å². The van der Waals surface area contributed by atoms with Gasteiger partial charge >= 0.3 is 0 Å². The van der Waals surface area contributed by atoms with Gasteiger partial charge in [-0.2, -0.15) is 5.26 Å². The number of terminal acetylenes is 1. The number of nitriles is 1. The molecule has 1 unspecified atom stereocenters. The van der Waals surface area contributed by atoms with Crippen molar-refractivity contribution in [1.29, 1.82) is 5.26 Å². The maximum absolute atomic E-state index is 8.71. The summed E-state index contributed by atoms with van der Waals surface area (Å²) >= 11 is 0. The lowest BCUT2D eigenvalue weighted by Crippen LogP contribution is -2.19. The molecule has 0 bridgehead atoms. The zero-order valence-corrected chi connectivity index (χ0v) is 10.2. The molecule has 2 nitrogen and oxygen atoms in total. The van der Waals surface area contributed by atoms with Crippen LogP contribution in [0.4, 0.5) is 0 Å². The minimum absolute atomic E-state index is 0.313. The number of hydrogen-bond acceptors (Lipinski definition) is 2. The van der Waals surface area contributed by atoms with E-state index in [1.165, 1.54) is 5.56 Å². The lowest BCUT2D eigenvalue weighted by molar-refractivity contribution is 0.549. The molecule has 0 amide bonds. The van der Waals surface area contributed by atoms with Gasteiger partial charge in [0.1, 0.15) is 0 Å². The van der Waals surface area contributed by atoms with Crippen LogP contribution in [0.1, 0.15) is 43.4 Å². The monoisotopic (exact) mass is 226 g/mol. The smallest absolute Gasteiger partial charge is 0.0991 e. The minimum Gasteiger partial charge on any atom is -0.310 e. The Morgan fingerprint density at radius 3 is 2.59 bits per heavy atom. The van der Waals surface area contributed by atoms with Crippen molar-refractivity contribution in [3.05, 3.63) is 35.4 Å². The highest BCUT2D eigenvalue weighted by molar-refractivity contribution is 5.32. The third-order valence-electron chi connectivity index (χ3n) is 2.74. The van der Waals surface area contributed by atoms with Gasteiger partial charge in [-0.3, -0.25) is 0 Å². The summed E-state index contributed by atoms with van der Waals surface area (Å²) in [6, 6.07) is 10.1. The minimum atomic E-state index is 0.313. The Kier molecular flexibility index (Phi) is 5.86. The molecule has 0 spiro atoms. The first-order valence-corrected chi connectivity index (χ1v) is 5.95. The van der Waals surface area contributed by atoms with Crippen LogP contribution >= 0.6 is 0 Å². The molecule has 2 heteroatoms. The molecular weight excluding hydrogens is 208 g/mol. The first kappa shape index (κ1) is 13.3. The van der Waals surface area contributed by atoms with Crippen LogP contribution in [0.2, 0.25) is 0 Å². The van der Waals surface area contributed by atoms with Crippen LogP contribution in [0, 0.1) is 23.7 Å². The van der Waals surface area contributed by atoms with E-state index in [-0.39, 0.29) is 0 Å². The van der Waals surface area contributed by atoms with Gasteiger partial charge in [-0.1, -0.05) is 12.1 Å². The SMILES string of the molecule is C#CCCCCNC(C)c1ccc(C#N)cc1. The fraction of sp³-hybridized carbons (Fsp3) is 0.400. The predicted molar refractivity (Wildman–Crippen MR) is 70.3 cm³/mol. The van der Waals surface area contributed by atoms with Crippen molar-refractivity contribution in [3.8, 4) is 18.4 Å². The van der Waals surface area contributed by atoms with E-state index < -0.39 is 0 Å². The molecule has 0 aliphatic carbocycles. The second kappa shape index (κ2) is 7.49. The fourth-order valence-corrected chi connectivity index (χ4v) is 1.63. The molecule has 1 aromatic rings. The number of nitrogens with one attached hydrogen (secondary N) is 1. The third kappa shape index (κ3) is 4.72. The van der Waals surface area contributed by atoms with Gasteiger partial charge in [0, 0.05) is 12.5 Å². The Balaban J connectivity index is 2.34. The van der Waals surface area contributed by atoms with Gasteiger partial charge in [-0.15, -0.1) is 12.3 Å². The van der Waals surface area contributed by atoms with Gasteiger partial charge in [0.25, 0.3) is 0 Å². The van der Waals surface area contributed by atoms with Crippen LogP contribution in [0.3, 0.4) is 0 Å². The molecule has 0 heterocycles. The maximum atomic E-state index is 8.71. The Morgan fingerprint density at radius 2 is 2.00 bits per heavy atom. The number of benzene rings is 1. The van der Waals surface area contributed by atoms with E-state index in [1.807, 2.05) is 24.3 Å². The molecule has 0 aliphatic rings. The summed E-state index contributed by atoms with van der Waals surface area (Å²) < 4.78 is 0. The zero-order valence-electron chi connectivity index (χ0n) is 10.2. The maximum Gasteiger partial charge on any atom is 0.0991 e. The topological polar surface area (TPSA) is 35.8 Å². The third-order valence-corrected chi connectivity index (χ3v) is 2.74. The van der Waals surface area contributed by atoms with Gasteiger partial charge < -0.3 is 5.32 Å². The van der Waals surface area contributed by atoms with Crippen molar-refractivity contribution < 1.29 is 0 Å². The van der Waals surface area contributed by atoms with Crippen LogP contribution in [-0.2, 0) is 0 Å². The van der Waals surface area contributed by atoms with Crippen LogP contribution < -0.4 is 5.32 Å². The van der Waals surface area contributed by atoms with Gasteiger partial charge in [0.2, 0.25) is 0 Å². The average Bonchev–Trinajstić information content (AvgIpc) is 2.38. The van der Waals surface area contributed by atoms with Crippen LogP contribution in [-0.4, -0.2) is 6.54 Å². The number of rotatable bonds is 6. The average molecular weight is 226 g/mol. The number of hydrogen-bond donors (Lipinski definition) is 1. The largest absolute Gasteiger partial charge is 0.310 e. The summed E-state index contributed by atoms with van der Waals surface area (Å²) in [4.78, 5) is 0. The quantitative estimate of drug-likeness (QED) is 0.598. The summed E-state index contributed by atoms with van der Waals surface area (Å²) in [6.07, 6.45) is 8.22. The van der Waals surface area contributed by atoms with Crippen molar-refractivity contribution in [2.24, 2.45) is 0 Å². The fourth-order valence-electron chi connectivity index (χ4n) is 1.63. The van der Waals surface area contributed by atoms with Gasteiger partial charge in [-0.05, 0) is 44.0 Å². The summed E-state index contributed by atoms with van der Waals surface area (Å²) in [5.74, 6) is 2.64. The lowest BCUT2D eigenvalue weighted by Gasteiger charge is -2.13. The van der Waals surface area contributed by atoms with E-state index >= 15 is 0 Å². The van der Waals surface area contributed by atoms with Crippen molar-refractivity contribution in [3.63, 3.8) is 0 Å². The molecule has 1 rings (SSSR count). The van der Waals surface area contributed by atoms with Crippen molar-refractivity contribution in [1.82, 2.24) is 5.32 Å². The molecule has 0 aromatic heterocycles. The first-order chi connectivity index (χ1) is 8.27. The number of nitrogens with zero attached hydrogens (tertiary/aromatic N) is 1. The molecule has 1 N–H and O–H groups in total. The van der Waals surface area contributed by atoms with E-state index in [9.17, 15) is 0 Å². The second-order valence-electron chi connectivity index (χ2n) is 4.07. The standard InChI is InChI=1S/C15H18N2/c1-3-4-5-6-11-17-13(2)15-9-7-14(12-16)8-10-15/h1,7-10,13,17H,4-6,11H2,2H3. The van der Waals surface area contributed by atoms with Crippen molar-refractivity contribution in [2.45, 2.75) is 32.2 Å². The highest BCUT2D eigenvalue weighted by Gasteiger charge is 2.03. The summed E-state index contributed by atoms with van der Waals surface area (Å²) in [7, 11) is 0. The van der Waals surface area contributed by atoms with Gasteiger partial charge in [0.05, 0.1) is 11.6 Å². The first-order valence-electron chi connectivity index (χ1n) is 5.95. The second-order valence-corrected chi connectivity index (χ2v) is 4.07. The van der Waals surface area contributed by atoms with E-state index in [1.54, 1.807) is 0 Å². The van der Waals surface area contributed by atoms with Crippen LogP contribution in [0.25, 0.3) is 0 Å². The Bertz CT molecular complexity index is 406. The van der Waals surface area contributed by atoms with Crippen LogP contribution in [0.15, 0.2) is 24.3 Å². The molecule has 0 aliphatic heterocycles. The van der Waals surface area contributed by atoms with E-state index in [2.05, 4.69) is 24.2 Å². The highest BCUT2D eigenvalue weighted by Crippen LogP contribution is 2.13. The van der Waals surface area contributed by atoms with Gasteiger partial charge in [0.15, 0.2) is 0 Å². The molecule has 17 heavy (non-hydrogen) atoms. The molecule has 1 aromatic carbocycles. The van der Waals surface area contributed by atoms with Crippen molar-refractivity contribution >= 4 is 0 Å². The Morgan fingerprint density at radius 1 is 1.29 bits per heavy atom. The van der Waals surface area contributed by atoms with E-state index in [4.69, 9.17) is 11.7 Å². The molecule has 88 valence electrons. The highest BCUT2D eigenvalue weighted by atomic mass is 14.9. The number of unbranched alkanes of at least 4 members (excludes halogenated alkanes) is 2. The van der Waals surface area contributed by atoms with E-state index in [0.29, 0.717) is 11.6 Å². The molecule has 0 radical (unpaired) electrons. The van der Waals surface area contributed by atoms with Gasteiger partial charge in [-0.25, -0.2) is 0 Å². The lowest BCUT2D eigenvalue weighted by atomic mass is 10.1. The Hall–Kier alpha value is -1.77. The zero-order chi connectivity index (χ0) is 12.5. The van der Waals surface area contributed by atoms with Crippen molar-refractivity contribution in [2.75, 3.05) is 6.54 Å². The molecule has 0 fully saturated rings. The Labute approximate surface area is 104 Å². The molecular formula is C15H18N2. The molecule has 0 saturated heterocycles.